The standard InChI is InChI=1S/C14H18N2S/c1-3-5-6-10-16-13-8-7-9-14(17-4-2)12(13)11-15/h3,5,7-9,16H,4,6,10H2,1-2H3/b5-3+. The fourth-order valence-corrected chi connectivity index (χ4v) is 2.31. The molecule has 0 amide bonds. The lowest BCUT2D eigenvalue weighted by Gasteiger charge is -2.10. The van der Waals surface area contributed by atoms with E-state index in [0.29, 0.717) is 0 Å². The van der Waals surface area contributed by atoms with Crippen LogP contribution in [-0.4, -0.2) is 12.3 Å². The molecule has 1 aromatic carbocycles. The van der Waals surface area contributed by atoms with Crippen LogP contribution in [0, 0.1) is 11.3 Å². The van der Waals surface area contributed by atoms with Crippen molar-refractivity contribution in [3.05, 3.63) is 35.9 Å². The number of rotatable bonds is 6. The SMILES string of the molecule is C/C=C/CCNc1cccc(SCC)c1C#N. The quantitative estimate of drug-likeness (QED) is 0.467. The van der Waals surface area contributed by atoms with Crippen molar-refractivity contribution in [2.75, 3.05) is 17.6 Å². The number of thioether (sulfide) groups is 1. The molecule has 0 aromatic heterocycles. The van der Waals surface area contributed by atoms with Gasteiger partial charge in [0.05, 0.1) is 11.3 Å². The van der Waals surface area contributed by atoms with E-state index in [1.165, 1.54) is 0 Å². The van der Waals surface area contributed by atoms with Crippen LogP contribution in [0.1, 0.15) is 25.8 Å². The third-order valence-corrected chi connectivity index (χ3v) is 3.24. The Balaban J connectivity index is 2.77. The van der Waals surface area contributed by atoms with E-state index in [4.69, 9.17) is 0 Å². The van der Waals surface area contributed by atoms with E-state index in [2.05, 4.69) is 24.4 Å². The van der Waals surface area contributed by atoms with E-state index in [1.54, 1.807) is 11.8 Å². The molecule has 1 N–H and O–H groups in total. The molecule has 0 aliphatic heterocycles. The second-order valence-corrected chi connectivity index (χ2v) is 4.81. The minimum absolute atomic E-state index is 0.764. The van der Waals surface area contributed by atoms with E-state index < -0.39 is 0 Å². The Hall–Kier alpha value is -1.40. The Morgan fingerprint density at radius 2 is 2.29 bits per heavy atom. The molecule has 0 spiro atoms. The average molecular weight is 246 g/mol. The highest BCUT2D eigenvalue weighted by atomic mass is 32.2. The van der Waals surface area contributed by atoms with E-state index in [9.17, 15) is 5.26 Å². The molecule has 3 heteroatoms. The van der Waals surface area contributed by atoms with Crippen molar-refractivity contribution in [3.63, 3.8) is 0 Å². The van der Waals surface area contributed by atoms with Gasteiger partial charge in [-0.2, -0.15) is 5.26 Å². The molecule has 0 bridgehead atoms. The Morgan fingerprint density at radius 3 is 2.94 bits per heavy atom. The molecule has 1 rings (SSSR count). The van der Waals surface area contributed by atoms with E-state index in [1.807, 2.05) is 31.2 Å². The predicted octanol–water partition coefficient (Wildman–Crippen LogP) is 4.05. The van der Waals surface area contributed by atoms with Crippen LogP contribution < -0.4 is 5.32 Å². The molecule has 0 unspecified atom stereocenters. The lowest BCUT2D eigenvalue weighted by atomic mass is 10.2. The molecule has 0 radical (unpaired) electrons. The summed E-state index contributed by atoms with van der Waals surface area (Å²) in [5.41, 5.74) is 1.70. The molecular formula is C14H18N2S. The zero-order valence-corrected chi connectivity index (χ0v) is 11.2. The number of benzene rings is 1. The number of nitrogens with zero attached hydrogens (tertiary/aromatic N) is 1. The van der Waals surface area contributed by atoms with Gasteiger partial charge in [0.25, 0.3) is 0 Å². The molecule has 0 saturated carbocycles. The molecule has 0 aliphatic carbocycles. The van der Waals surface area contributed by atoms with Crippen LogP contribution in [0.5, 0.6) is 0 Å². The Bertz CT molecular complexity index is 419. The van der Waals surface area contributed by atoms with E-state index in [-0.39, 0.29) is 0 Å². The lowest BCUT2D eigenvalue weighted by Crippen LogP contribution is -2.02. The highest BCUT2D eigenvalue weighted by Gasteiger charge is 2.06. The molecular weight excluding hydrogens is 228 g/mol. The van der Waals surface area contributed by atoms with Gasteiger partial charge >= 0.3 is 0 Å². The first-order chi connectivity index (χ1) is 8.33. The summed E-state index contributed by atoms with van der Waals surface area (Å²) in [4.78, 5) is 1.06. The smallest absolute Gasteiger partial charge is 0.102 e. The molecule has 2 nitrogen and oxygen atoms in total. The van der Waals surface area contributed by atoms with Crippen LogP contribution in [0.4, 0.5) is 5.69 Å². The van der Waals surface area contributed by atoms with Crippen molar-refractivity contribution < 1.29 is 0 Å². The number of anilines is 1. The van der Waals surface area contributed by atoms with Gasteiger partial charge in [0.2, 0.25) is 0 Å². The van der Waals surface area contributed by atoms with Crippen LogP contribution in [0.25, 0.3) is 0 Å². The lowest BCUT2D eigenvalue weighted by molar-refractivity contribution is 1.06. The Morgan fingerprint density at radius 1 is 1.47 bits per heavy atom. The first-order valence-electron chi connectivity index (χ1n) is 5.84. The minimum Gasteiger partial charge on any atom is -0.384 e. The minimum atomic E-state index is 0.764. The largest absolute Gasteiger partial charge is 0.384 e. The maximum Gasteiger partial charge on any atom is 0.102 e. The summed E-state index contributed by atoms with van der Waals surface area (Å²) in [7, 11) is 0. The van der Waals surface area contributed by atoms with Crippen molar-refractivity contribution in [1.82, 2.24) is 0 Å². The second kappa shape index (κ2) is 7.81. The normalized spacial score (nSPS) is 10.4. The van der Waals surface area contributed by atoms with Gasteiger partial charge in [0.1, 0.15) is 6.07 Å². The van der Waals surface area contributed by atoms with Gasteiger partial charge in [0.15, 0.2) is 0 Å². The number of hydrogen-bond acceptors (Lipinski definition) is 3. The molecule has 0 heterocycles. The topological polar surface area (TPSA) is 35.8 Å². The van der Waals surface area contributed by atoms with Crippen LogP contribution in [0.3, 0.4) is 0 Å². The number of allylic oxidation sites excluding steroid dienone is 1. The molecule has 1 aromatic rings. The highest BCUT2D eigenvalue weighted by Crippen LogP contribution is 2.27. The predicted molar refractivity (Wildman–Crippen MR) is 75.5 cm³/mol. The molecule has 0 atom stereocenters. The summed E-state index contributed by atoms with van der Waals surface area (Å²) in [5, 5.41) is 12.5. The maximum atomic E-state index is 9.21. The van der Waals surface area contributed by atoms with Gasteiger partial charge in [-0.1, -0.05) is 25.1 Å². The highest BCUT2D eigenvalue weighted by molar-refractivity contribution is 7.99. The Kier molecular flexibility index (Phi) is 6.27. The first kappa shape index (κ1) is 13.7. The molecule has 90 valence electrons. The van der Waals surface area contributed by atoms with Crippen LogP contribution in [-0.2, 0) is 0 Å². The molecule has 17 heavy (non-hydrogen) atoms. The fraction of sp³-hybridized carbons (Fsp3) is 0.357. The zero-order chi connectivity index (χ0) is 12.5. The number of nitrogens with one attached hydrogen (secondary N) is 1. The van der Waals surface area contributed by atoms with Gasteiger partial charge in [0, 0.05) is 11.4 Å². The Labute approximate surface area is 108 Å². The van der Waals surface area contributed by atoms with Gasteiger partial charge in [-0.05, 0) is 31.2 Å². The van der Waals surface area contributed by atoms with Crippen LogP contribution in [0.2, 0.25) is 0 Å². The summed E-state index contributed by atoms with van der Waals surface area (Å²) in [6.07, 6.45) is 5.13. The number of hydrogen-bond donors (Lipinski definition) is 1. The summed E-state index contributed by atoms with van der Waals surface area (Å²) < 4.78 is 0. The third kappa shape index (κ3) is 4.16. The summed E-state index contributed by atoms with van der Waals surface area (Å²) in [5.74, 6) is 0.983. The summed E-state index contributed by atoms with van der Waals surface area (Å²) in [6.45, 7) is 4.97. The van der Waals surface area contributed by atoms with Gasteiger partial charge < -0.3 is 5.32 Å². The molecule has 0 aliphatic rings. The third-order valence-electron chi connectivity index (χ3n) is 2.30. The van der Waals surface area contributed by atoms with Gasteiger partial charge in [-0.25, -0.2) is 0 Å². The monoisotopic (exact) mass is 246 g/mol. The van der Waals surface area contributed by atoms with E-state index >= 15 is 0 Å². The van der Waals surface area contributed by atoms with E-state index in [0.717, 1.165) is 34.9 Å². The second-order valence-electron chi connectivity index (χ2n) is 3.51. The summed E-state index contributed by atoms with van der Waals surface area (Å²) in [6, 6.07) is 8.26. The van der Waals surface area contributed by atoms with Crippen LogP contribution in [0.15, 0.2) is 35.2 Å². The van der Waals surface area contributed by atoms with Crippen molar-refractivity contribution in [2.24, 2.45) is 0 Å². The van der Waals surface area contributed by atoms with Gasteiger partial charge in [-0.3, -0.25) is 0 Å². The van der Waals surface area contributed by atoms with Gasteiger partial charge in [-0.15, -0.1) is 11.8 Å². The summed E-state index contributed by atoms with van der Waals surface area (Å²) >= 11 is 1.71. The van der Waals surface area contributed by atoms with Crippen molar-refractivity contribution >= 4 is 17.4 Å². The van der Waals surface area contributed by atoms with Crippen LogP contribution >= 0.6 is 11.8 Å². The van der Waals surface area contributed by atoms with Crippen molar-refractivity contribution in [1.29, 1.82) is 5.26 Å². The first-order valence-corrected chi connectivity index (χ1v) is 6.83. The van der Waals surface area contributed by atoms with Crippen molar-refractivity contribution in [3.8, 4) is 6.07 Å². The number of nitriles is 1. The average Bonchev–Trinajstić information content (AvgIpc) is 2.35. The fourth-order valence-electron chi connectivity index (χ4n) is 1.53. The van der Waals surface area contributed by atoms with Crippen molar-refractivity contribution in [2.45, 2.75) is 25.2 Å². The maximum absolute atomic E-state index is 9.21. The molecule has 0 fully saturated rings. The molecule has 0 saturated heterocycles. The zero-order valence-electron chi connectivity index (χ0n) is 10.4.